The van der Waals surface area contributed by atoms with E-state index in [2.05, 4.69) is 71.1 Å². The highest BCUT2D eigenvalue weighted by molar-refractivity contribution is 9.10. The van der Waals surface area contributed by atoms with E-state index in [-0.39, 0.29) is 0 Å². The number of hydrogen-bond donors (Lipinski definition) is 1. The van der Waals surface area contributed by atoms with Crippen LogP contribution in [0.1, 0.15) is 38.7 Å². The fourth-order valence-corrected chi connectivity index (χ4v) is 3.26. The lowest BCUT2D eigenvalue weighted by Crippen LogP contribution is -2.25. The fourth-order valence-electron chi connectivity index (χ4n) is 2.33. The van der Waals surface area contributed by atoms with Gasteiger partial charge in [-0.25, -0.2) is 0 Å². The Hall–Kier alpha value is 0.01000. The van der Waals surface area contributed by atoms with Crippen molar-refractivity contribution >= 4 is 27.7 Å². The maximum absolute atomic E-state index is 3.59. The van der Waals surface area contributed by atoms with Crippen LogP contribution in [0.5, 0.6) is 0 Å². The standard InChI is InChI=1S/C17H28BrNS/c1-3-11-19-14-16(6-5-12-20-4-2)13-15-7-9-17(18)10-8-15/h7-10,16,19H,3-6,11-14H2,1-2H3. The van der Waals surface area contributed by atoms with Gasteiger partial charge in [-0.1, -0.05) is 41.9 Å². The summed E-state index contributed by atoms with van der Waals surface area (Å²) in [5.74, 6) is 3.31. The first-order valence-corrected chi connectivity index (χ1v) is 9.74. The van der Waals surface area contributed by atoms with Crippen LogP contribution < -0.4 is 5.32 Å². The molecule has 1 aromatic rings. The summed E-state index contributed by atoms with van der Waals surface area (Å²) in [4.78, 5) is 0. The van der Waals surface area contributed by atoms with Gasteiger partial charge in [0.25, 0.3) is 0 Å². The Kier molecular flexibility index (Phi) is 10.5. The van der Waals surface area contributed by atoms with Crippen LogP contribution in [0.3, 0.4) is 0 Å². The maximum atomic E-state index is 3.59. The van der Waals surface area contributed by atoms with Crippen LogP contribution in [0, 0.1) is 5.92 Å². The summed E-state index contributed by atoms with van der Waals surface area (Å²) in [6.07, 6.45) is 5.09. The number of rotatable bonds is 11. The van der Waals surface area contributed by atoms with Crippen LogP contribution in [-0.2, 0) is 6.42 Å². The molecule has 1 atom stereocenters. The molecule has 1 unspecified atom stereocenters. The minimum atomic E-state index is 0.764. The van der Waals surface area contributed by atoms with E-state index in [0.29, 0.717) is 0 Å². The molecule has 0 amide bonds. The van der Waals surface area contributed by atoms with Gasteiger partial charge >= 0.3 is 0 Å². The third-order valence-electron chi connectivity index (χ3n) is 3.40. The van der Waals surface area contributed by atoms with Crippen molar-refractivity contribution in [1.29, 1.82) is 0 Å². The average molecular weight is 358 g/mol. The summed E-state index contributed by atoms with van der Waals surface area (Å²) < 4.78 is 1.17. The molecule has 0 heterocycles. The third-order valence-corrected chi connectivity index (χ3v) is 4.92. The zero-order valence-corrected chi connectivity index (χ0v) is 15.2. The Morgan fingerprint density at radius 2 is 1.95 bits per heavy atom. The molecule has 0 saturated carbocycles. The Morgan fingerprint density at radius 1 is 1.20 bits per heavy atom. The van der Waals surface area contributed by atoms with Crippen molar-refractivity contribution in [2.24, 2.45) is 5.92 Å². The van der Waals surface area contributed by atoms with Gasteiger partial charge in [0.15, 0.2) is 0 Å². The zero-order valence-electron chi connectivity index (χ0n) is 12.8. The summed E-state index contributed by atoms with van der Waals surface area (Å²) in [7, 11) is 0. The Bertz CT molecular complexity index is 339. The molecule has 0 aliphatic rings. The van der Waals surface area contributed by atoms with Gasteiger partial charge in [0.05, 0.1) is 0 Å². The lowest BCUT2D eigenvalue weighted by atomic mass is 9.95. The van der Waals surface area contributed by atoms with E-state index in [9.17, 15) is 0 Å². The Labute approximate surface area is 137 Å². The van der Waals surface area contributed by atoms with Crippen molar-refractivity contribution in [2.45, 2.75) is 39.5 Å². The van der Waals surface area contributed by atoms with Crippen LogP contribution in [-0.4, -0.2) is 24.6 Å². The van der Waals surface area contributed by atoms with Crippen LogP contribution in [0.2, 0.25) is 0 Å². The van der Waals surface area contributed by atoms with Crippen molar-refractivity contribution in [3.05, 3.63) is 34.3 Å². The van der Waals surface area contributed by atoms with Crippen molar-refractivity contribution < 1.29 is 0 Å². The van der Waals surface area contributed by atoms with Crippen molar-refractivity contribution in [3.63, 3.8) is 0 Å². The lowest BCUT2D eigenvalue weighted by Gasteiger charge is -2.18. The Balaban J connectivity index is 2.41. The number of halogens is 1. The molecule has 1 N–H and O–H groups in total. The maximum Gasteiger partial charge on any atom is 0.0175 e. The fraction of sp³-hybridized carbons (Fsp3) is 0.647. The summed E-state index contributed by atoms with van der Waals surface area (Å²) in [5, 5.41) is 3.59. The number of thioether (sulfide) groups is 1. The Morgan fingerprint density at radius 3 is 2.60 bits per heavy atom. The normalized spacial score (nSPS) is 12.6. The van der Waals surface area contributed by atoms with E-state index in [4.69, 9.17) is 0 Å². The summed E-state index contributed by atoms with van der Waals surface area (Å²) in [5.41, 5.74) is 1.46. The van der Waals surface area contributed by atoms with Gasteiger partial charge in [-0.2, -0.15) is 11.8 Å². The first-order chi connectivity index (χ1) is 9.76. The highest BCUT2D eigenvalue weighted by Crippen LogP contribution is 2.18. The lowest BCUT2D eigenvalue weighted by molar-refractivity contribution is 0.440. The van der Waals surface area contributed by atoms with Gasteiger partial charge in [0.1, 0.15) is 0 Å². The molecular formula is C17H28BrNS. The van der Waals surface area contributed by atoms with E-state index in [1.807, 2.05) is 0 Å². The molecule has 0 spiro atoms. The second-order valence-corrected chi connectivity index (χ2v) is 7.55. The number of nitrogens with one attached hydrogen (secondary N) is 1. The molecule has 0 fully saturated rings. The monoisotopic (exact) mass is 357 g/mol. The van der Waals surface area contributed by atoms with Gasteiger partial charge in [-0.15, -0.1) is 0 Å². The molecule has 3 heteroatoms. The topological polar surface area (TPSA) is 12.0 Å². The smallest absolute Gasteiger partial charge is 0.0175 e. The number of hydrogen-bond acceptors (Lipinski definition) is 2. The van der Waals surface area contributed by atoms with Crippen LogP contribution >= 0.6 is 27.7 Å². The van der Waals surface area contributed by atoms with E-state index < -0.39 is 0 Å². The van der Waals surface area contributed by atoms with Gasteiger partial charge in [0, 0.05) is 4.47 Å². The quantitative estimate of drug-likeness (QED) is 0.550. The van der Waals surface area contributed by atoms with Crippen molar-refractivity contribution in [2.75, 3.05) is 24.6 Å². The van der Waals surface area contributed by atoms with E-state index in [1.165, 1.54) is 47.2 Å². The molecule has 0 saturated heterocycles. The predicted octanol–water partition coefficient (Wildman–Crippen LogP) is 5.14. The molecule has 0 radical (unpaired) electrons. The molecule has 1 rings (SSSR count). The molecule has 0 bridgehead atoms. The van der Waals surface area contributed by atoms with E-state index in [1.54, 1.807) is 0 Å². The molecule has 0 aromatic heterocycles. The number of benzene rings is 1. The van der Waals surface area contributed by atoms with Crippen LogP contribution in [0.15, 0.2) is 28.7 Å². The van der Waals surface area contributed by atoms with Crippen LogP contribution in [0.25, 0.3) is 0 Å². The summed E-state index contributed by atoms with van der Waals surface area (Å²) in [6.45, 7) is 6.77. The first-order valence-electron chi connectivity index (χ1n) is 7.79. The van der Waals surface area contributed by atoms with E-state index >= 15 is 0 Å². The first kappa shape index (κ1) is 18.1. The molecule has 20 heavy (non-hydrogen) atoms. The zero-order chi connectivity index (χ0) is 14.6. The van der Waals surface area contributed by atoms with Crippen molar-refractivity contribution in [1.82, 2.24) is 5.32 Å². The van der Waals surface area contributed by atoms with Gasteiger partial charge in [-0.05, 0) is 73.9 Å². The van der Waals surface area contributed by atoms with Crippen molar-refractivity contribution in [3.8, 4) is 0 Å². The average Bonchev–Trinajstić information content (AvgIpc) is 2.46. The highest BCUT2D eigenvalue weighted by Gasteiger charge is 2.09. The predicted molar refractivity (Wildman–Crippen MR) is 96.7 cm³/mol. The van der Waals surface area contributed by atoms with Crippen LogP contribution in [0.4, 0.5) is 0 Å². The minimum Gasteiger partial charge on any atom is -0.316 e. The minimum absolute atomic E-state index is 0.764. The molecule has 1 aromatic carbocycles. The molecule has 1 nitrogen and oxygen atoms in total. The molecular weight excluding hydrogens is 330 g/mol. The molecule has 0 aliphatic carbocycles. The third kappa shape index (κ3) is 8.33. The molecule has 114 valence electrons. The van der Waals surface area contributed by atoms with Gasteiger partial charge in [-0.3, -0.25) is 0 Å². The second-order valence-electron chi connectivity index (χ2n) is 5.24. The van der Waals surface area contributed by atoms with Gasteiger partial charge in [0.2, 0.25) is 0 Å². The van der Waals surface area contributed by atoms with E-state index in [0.717, 1.165) is 19.0 Å². The SMILES string of the molecule is CCCNCC(CCCSCC)Cc1ccc(Br)cc1. The summed E-state index contributed by atoms with van der Waals surface area (Å²) in [6, 6.07) is 8.80. The summed E-state index contributed by atoms with van der Waals surface area (Å²) >= 11 is 5.57. The highest BCUT2D eigenvalue weighted by atomic mass is 79.9. The van der Waals surface area contributed by atoms with Gasteiger partial charge < -0.3 is 5.32 Å². The second kappa shape index (κ2) is 11.6. The largest absolute Gasteiger partial charge is 0.316 e. The molecule has 0 aliphatic heterocycles.